The highest BCUT2D eigenvalue weighted by Crippen LogP contribution is 2.18. The molecular formula is C14H16BrN5O. The van der Waals surface area contributed by atoms with Crippen molar-refractivity contribution in [2.45, 2.75) is 19.8 Å². The lowest BCUT2D eigenvalue weighted by Gasteiger charge is -2.11. The number of anilines is 2. The van der Waals surface area contributed by atoms with Crippen LogP contribution >= 0.6 is 15.9 Å². The van der Waals surface area contributed by atoms with Crippen molar-refractivity contribution in [3.8, 4) is 0 Å². The van der Waals surface area contributed by atoms with Gasteiger partial charge in [-0.1, -0.05) is 29.8 Å². The van der Waals surface area contributed by atoms with Crippen molar-refractivity contribution in [1.29, 1.82) is 0 Å². The van der Waals surface area contributed by atoms with Gasteiger partial charge in [0.05, 0.1) is 11.9 Å². The normalized spacial score (nSPS) is 10.5. The Kier molecular flexibility index (Phi) is 4.87. The number of halogens is 1. The van der Waals surface area contributed by atoms with Crippen molar-refractivity contribution in [3.63, 3.8) is 0 Å². The molecule has 0 aliphatic carbocycles. The molecule has 0 spiro atoms. The van der Waals surface area contributed by atoms with Crippen LogP contribution in [-0.2, 0) is 0 Å². The molecule has 21 heavy (non-hydrogen) atoms. The molecule has 1 heterocycles. The first-order chi connectivity index (χ1) is 10.0. The largest absolute Gasteiger partial charge is 0.321 e. The SMILES string of the molecule is CC(C)c1ncc(NN)c(C(=O)Nc2ccc(Br)cc2)n1. The molecule has 0 unspecified atom stereocenters. The predicted molar refractivity (Wildman–Crippen MR) is 86.0 cm³/mol. The van der Waals surface area contributed by atoms with Gasteiger partial charge in [-0.05, 0) is 24.3 Å². The van der Waals surface area contributed by atoms with Crippen LogP contribution in [0.15, 0.2) is 34.9 Å². The highest BCUT2D eigenvalue weighted by Gasteiger charge is 2.16. The molecule has 0 bridgehead atoms. The zero-order valence-electron chi connectivity index (χ0n) is 11.7. The molecule has 2 rings (SSSR count). The van der Waals surface area contributed by atoms with E-state index in [0.29, 0.717) is 17.2 Å². The van der Waals surface area contributed by atoms with Crippen molar-refractivity contribution >= 4 is 33.2 Å². The van der Waals surface area contributed by atoms with Crippen LogP contribution in [0.3, 0.4) is 0 Å². The van der Waals surface area contributed by atoms with E-state index in [1.54, 1.807) is 12.1 Å². The van der Waals surface area contributed by atoms with E-state index < -0.39 is 0 Å². The highest BCUT2D eigenvalue weighted by molar-refractivity contribution is 9.10. The Morgan fingerprint density at radius 2 is 1.95 bits per heavy atom. The van der Waals surface area contributed by atoms with Crippen molar-refractivity contribution in [2.75, 3.05) is 10.7 Å². The fourth-order valence-corrected chi connectivity index (χ4v) is 1.94. The molecule has 1 aromatic carbocycles. The molecule has 1 amide bonds. The van der Waals surface area contributed by atoms with E-state index >= 15 is 0 Å². The molecule has 0 aliphatic heterocycles. The number of rotatable bonds is 4. The average molecular weight is 350 g/mol. The standard InChI is InChI=1S/C14H16BrN5O/c1-8(2)13-17-7-11(20-16)12(19-13)14(21)18-10-5-3-9(15)4-6-10/h3-8,20H,16H2,1-2H3,(H,18,21). The van der Waals surface area contributed by atoms with E-state index in [1.165, 1.54) is 6.20 Å². The van der Waals surface area contributed by atoms with Gasteiger partial charge in [0.1, 0.15) is 5.82 Å². The van der Waals surface area contributed by atoms with E-state index in [-0.39, 0.29) is 17.5 Å². The van der Waals surface area contributed by atoms with Crippen LogP contribution in [0.4, 0.5) is 11.4 Å². The van der Waals surface area contributed by atoms with Crippen LogP contribution in [0, 0.1) is 0 Å². The summed E-state index contributed by atoms with van der Waals surface area (Å²) < 4.78 is 0.939. The maximum absolute atomic E-state index is 12.3. The maximum atomic E-state index is 12.3. The summed E-state index contributed by atoms with van der Waals surface area (Å²) in [6, 6.07) is 7.28. The summed E-state index contributed by atoms with van der Waals surface area (Å²) >= 11 is 3.35. The van der Waals surface area contributed by atoms with E-state index in [4.69, 9.17) is 5.84 Å². The predicted octanol–water partition coefficient (Wildman–Crippen LogP) is 2.90. The Bertz CT molecular complexity index is 642. The van der Waals surface area contributed by atoms with Gasteiger partial charge in [-0.3, -0.25) is 10.6 Å². The van der Waals surface area contributed by atoms with Gasteiger partial charge in [0.2, 0.25) is 0 Å². The first-order valence-corrected chi connectivity index (χ1v) is 7.21. The number of carbonyl (C=O) groups excluding carboxylic acids is 1. The van der Waals surface area contributed by atoms with Gasteiger partial charge in [0.15, 0.2) is 5.69 Å². The molecular weight excluding hydrogens is 334 g/mol. The van der Waals surface area contributed by atoms with E-state index in [0.717, 1.165) is 4.47 Å². The number of hydrogen-bond donors (Lipinski definition) is 3. The molecule has 1 aromatic heterocycles. The van der Waals surface area contributed by atoms with Crippen LogP contribution < -0.4 is 16.6 Å². The maximum Gasteiger partial charge on any atom is 0.276 e. The molecule has 0 atom stereocenters. The second kappa shape index (κ2) is 6.64. The molecule has 7 heteroatoms. The smallest absolute Gasteiger partial charge is 0.276 e. The third kappa shape index (κ3) is 3.77. The van der Waals surface area contributed by atoms with Crippen LogP contribution in [0.1, 0.15) is 36.1 Å². The van der Waals surface area contributed by atoms with Gasteiger partial charge in [-0.2, -0.15) is 0 Å². The molecule has 110 valence electrons. The first kappa shape index (κ1) is 15.4. The molecule has 6 nitrogen and oxygen atoms in total. The van der Waals surface area contributed by atoms with Crippen LogP contribution in [0.5, 0.6) is 0 Å². The third-order valence-corrected chi connectivity index (χ3v) is 3.33. The van der Waals surface area contributed by atoms with Crippen molar-refractivity contribution in [1.82, 2.24) is 9.97 Å². The molecule has 2 aromatic rings. The minimum atomic E-state index is -0.338. The summed E-state index contributed by atoms with van der Waals surface area (Å²) in [7, 11) is 0. The number of aromatic nitrogens is 2. The summed E-state index contributed by atoms with van der Waals surface area (Å²) in [4.78, 5) is 20.8. The minimum absolute atomic E-state index is 0.121. The minimum Gasteiger partial charge on any atom is -0.321 e. The van der Waals surface area contributed by atoms with Crippen molar-refractivity contribution in [2.24, 2.45) is 5.84 Å². The lowest BCUT2D eigenvalue weighted by Crippen LogP contribution is -2.20. The topological polar surface area (TPSA) is 92.9 Å². The average Bonchev–Trinajstić information content (AvgIpc) is 2.48. The third-order valence-electron chi connectivity index (χ3n) is 2.80. The number of nitrogens with zero attached hydrogens (tertiary/aromatic N) is 2. The zero-order chi connectivity index (χ0) is 15.4. The number of nitrogen functional groups attached to an aromatic ring is 1. The van der Waals surface area contributed by atoms with Crippen LogP contribution in [0.25, 0.3) is 0 Å². The van der Waals surface area contributed by atoms with E-state index in [2.05, 4.69) is 36.6 Å². The number of nitrogens with one attached hydrogen (secondary N) is 2. The number of benzene rings is 1. The zero-order valence-corrected chi connectivity index (χ0v) is 13.3. The lowest BCUT2D eigenvalue weighted by molar-refractivity contribution is 0.102. The Hall–Kier alpha value is -1.99. The summed E-state index contributed by atoms with van der Waals surface area (Å²) in [6.07, 6.45) is 1.51. The number of carbonyl (C=O) groups is 1. The fraction of sp³-hybridized carbons (Fsp3) is 0.214. The Balaban J connectivity index is 2.28. The second-order valence-electron chi connectivity index (χ2n) is 4.75. The molecule has 0 aliphatic rings. The summed E-state index contributed by atoms with van der Waals surface area (Å²) in [5.74, 6) is 5.79. The molecule has 0 radical (unpaired) electrons. The van der Waals surface area contributed by atoms with E-state index in [1.807, 2.05) is 26.0 Å². The fourth-order valence-electron chi connectivity index (χ4n) is 1.68. The van der Waals surface area contributed by atoms with Crippen LogP contribution in [-0.4, -0.2) is 15.9 Å². The van der Waals surface area contributed by atoms with E-state index in [9.17, 15) is 4.79 Å². The Morgan fingerprint density at radius 3 is 2.52 bits per heavy atom. The number of hydrogen-bond acceptors (Lipinski definition) is 5. The molecule has 0 fully saturated rings. The Labute approximate surface area is 131 Å². The van der Waals surface area contributed by atoms with Crippen molar-refractivity contribution in [3.05, 3.63) is 46.5 Å². The van der Waals surface area contributed by atoms with Crippen LogP contribution in [0.2, 0.25) is 0 Å². The van der Waals surface area contributed by atoms with Gasteiger partial charge in [0, 0.05) is 16.1 Å². The quantitative estimate of drug-likeness (QED) is 0.582. The summed E-state index contributed by atoms with van der Waals surface area (Å²) in [6.45, 7) is 3.92. The lowest BCUT2D eigenvalue weighted by atomic mass is 10.2. The highest BCUT2D eigenvalue weighted by atomic mass is 79.9. The summed E-state index contributed by atoms with van der Waals surface area (Å²) in [5.41, 5.74) is 3.73. The molecule has 4 N–H and O–H groups in total. The number of amides is 1. The molecule has 0 saturated heterocycles. The monoisotopic (exact) mass is 349 g/mol. The van der Waals surface area contributed by atoms with Gasteiger partial charge < -0.3 is 10.7 Å². The van der Waals surface area contributed by atoms with Gasteiger partial charge >= 0.3 is 0 Å². The van der Waals surface area contributed by atoms with Gasteiger partial charge in [-0.25, -0.2) is 9.97 Å². The summed E-state index contributed by atoms with van der Waals surface area (Å²) in [5, 5.41) is 2.78. The van der Waals surface area contributed by atoms with Gasteiger partial charge in [-0.15, -0.1) is 0 Å². The number of nitrogens with two attached hydrogens (primary N) is 1. The molecule has 0 saturated carbocycles. The second-order valence-corrected chi connectivity index (χ2v) is 5.67. The first-order valence-electron chi connectivity index (χ1n) is 6.41. The van der Waals surface area contributed by atoms with Gasteiger partial charge in [0.25, 0.3) is 5.91 Å². The number of hydrazine groups is 1. The Morgan fingerprint density at radius 1 is 1.29 bits per heavy atom. The van der Waals surface area contributed by atoms with Crippen molar-refractivity contribution < 1.29 is 4.79 Å².